The lowest BCUT2D eigenvalue weighted by Gasteiger charge is -2.25. The first-order valence-electron chi connectivity index (χ1n) is 7.71. The van der Waals surface area contributed by atoms with Crippen molar-refractivity contribution in [3.63, 3.8) is 0 Å². The van der Waals surface area contributed by atoms with E-state index >= 15 is 0 Å². The molecule has 0 spiro atoms. The Hall–Kier alpha value is -0.910. The summed E-state index contributed by atoms with van der Waals surface area (Å²) in [5, 5.41) is 5.08. The molecule has 0 aromatic rings. The number of alkyl halides is 2. The van der Waals surface area contributed by atoms with Gasteiger partial charge in [0.25, 0.3) is 5.92 Å². The van der Waals surface area contributed by atoms with E-state index in [2.05, 4.69) is 17.6 Å². The monoisotopic (exact) mass is 306 g/mol. The number of nitrogens with one attached hydrogen (secondary N) is 2. The maximum absolute atomic E-state index is 13.8. The van der Waals surface area contributed by atoms with E-state index in [9.17, 15) is 13.6 Å². The van der Waals surface area contributed by atoms with Crippen LogP contribution in [0.3, 0.4) is 0 Å². The largest absolute Gasteiger partial charge is 0.444 e. The van der Waals surface area contributed by atoms with Crippen LogP contribution in [-0.2, 0) is 4.74 Å². The van der Waals surface area contributed by atoms with Gasteiger partial charge in [0.1, 0.15) is 5.60 Å². The molecule has 21 heavy (non-hydrogen) atoms. The first-order valence-corrected chi connectivity index (χ1v) is 7.71. The van der Waals surface area contributed by atoms with E-state index in [1.54, 1.807) is 20.8 Å². The maximum Gasteiger partial charge on any atom is 0.407 e. The topological polar surface area (TPSA) is 50.4 Å². The minimum absolute atomic E-state index is 0.169. The first kappa shape index (κ1) is 18.1. The molecule has 0 radical (unpaired) electrons. The molecule has 0 aromatic carbocycles. The summed E-state index contributed by atoms with van der Waals surface area (Å²) in [5.74, 6) is -2.49. The zero-order chi connectivity index (χ0) is 16.1. The molecule has 0 aliphatic heterocycles. The van der Waals surface area contributed by atoms with Gasteiger partial charge in [-0.25, -0.2) is 13.6 Å². The molecule has 1 amide bonds. The van der Waals surface area contributed by atoms with Gasteiger partial charge in [-0.3, -0.25) is 0 Å². The fourth-order valence-electron chi connectivity index (χ4n) is 2.65. The van der Waals surface area contributed by atoms with Crippen LogP contribution in [0.5, 0.6) is 0 Å². The van der Waals surface area contributed by atoms with Crippen LogP contribution in [-0.4, -0.2) is 36.7 Å². The number of carbonyl (C=O) groups excluding carboxylic acids is 1. The number of alkyl carbamates (subject to hydrolysis) is 1. The minimum Gasteiger partial charge on any atom is -0.444 e. The molecule has 0 aromatic heterocycles. The minimum atomic E-state index is -2.97. The van der Waals surface area contributed by atoms with Gasteiger partial charge in [0.15, 0.2) is 0 Å². The van der Waals surface area contributed by atoms with Crippen LogP contribution in [0, 0.1) is 5.92 Å². The SMILES string of the molecule is CCC1CCCC1NCC(F)(F)CNC(=O)OC(C)(C)C. The summed E-state index contributed by atoms with van der Waals surface area (Å²) < 4.78 is 32.5. The van der Waals surface area contributed by atoms with E-state index in [4.69, 9.17) is 4.74 Å². The Balaban J connectivity index is 2.31. The van der Waals surface area contributed by atoms with E-state index in [0.717, 1.165) is 25.7 Å². The van der Waals surface area contributed by atoms with Crippen molar-refractivity contribution in [1.29, 1.82) is 0 Å². The van der Waals surface area contributed by atoms with Gasteiger partial charge in [-0.1, -0.05) is 19.8 Å². The summed E-state index contributed by atoms with van der Waals surface area (Å²) in [6, 6.07) is 0.169. The molecule has 0 saturated heterocycles. The van der Waals surface area contributed by atoms with Crippen LogP contribution >= 0.6 is 0 Å². The lowest BCUT2D eigenvalue weighted by Crippen LogP contribution is -2.47. The van der Waals surface area contributed by atoms with Gasteiger partial charge < -0.3 is 15.4 Å². The smallest absolute Gasteiger partial charge is 0.407 e. The second kappa shape index (κ2) is 7.38. The van der Waals surface area contributed by atoms with Gasteiger partial charge in [0.05, 0.1) is 13.1 Å². The Morgan fingerprint density at radius 2 is 1.90 bits per heavy atom. The Morgan fingerprint density at radius 1 is 1.24 bits per heavy atom. The summed E-state index contributed by atoms with van der Waals surface area (Å²) in [7, 11) is 0. The molecule has 2 N–H and O–H groups in total. The summed E-state index contributed by atoms with van der Waals surface area (Å²) >= 11 is 0. The Morgan fingerprint density at radius 3 is 2.48 bits per heavy atom. The fraction of sp³-hybridized carbons (Fsp3) is 0.933. The van der Waals surface area contributed by atoms with E-state index in [1.807, 2.05) is 0 Å². The van der Waals surface area contributed by atoms with Crippen molar-refractivity contribution >= 4 is 6.09 Å². The van der Waals surface area contributed by atoms with Gasteiger partial charge in [0, 0.05) is 6.04 Å². The summed E-state index contributed by atoms with van der Waals surface area (Å²) in [6.07, 6.45) is 3.36. The van der Waals surface area contributed by atoms with E-state index in [0.29, 0.717) is 5.92 Å². The van der Waals surface area contributed by atoms with Crippen molar-refractivity contribution in [3.8, 4) is 0 Å². The number of amides is 1. The third-order valence-corrected chi connectivity index (χ3v) is 3.70. The molecule has 1 aliphatic rings. The van der Waals surface area contributed by atoms with Gasteiger partial charge >= 0.3 is 6.09 Å². The Bertz CT molecular complexity index is 343. The van der Waals surface area contributed by atoms with Gasteiger partial charge in [-0.15, -0.1) is 0 Å². The summed E-state index contributed by atoms with van der Waals surface area (Å²) in [6.45, 7) is 6.04. The standard InChI is InChI=1S/C15H28F2N2O2/c1-5-11-7-6-8-12(11)18-9-15(16,17)10-19-13(20)21-14(2,3)4/h11-12,18H,5-10H2,1-4H3,(H,19,20). The second-order valence-corrected chi connectivity index (χ2v) is 6.80. The Kier molecular flexibility index (Phi) is 6.38. The average molecular weight is 306 g/mol. The molecule has 6 heteroatoms. The molecular weight excluding hydrogens is 278 g/mol. The number of halogens is 2. The lowest BCUT2D eigenvalue weighted by atomic mass is 10.0. The molecule has 0 bridgehead atoms. The van der Waals surface area contributed by atoms with Gasteiger partial charge in [-0.2, -0.15) is 0 Å². The quantitative estimate of drug-likeness (QED) is 0.791. The van der Waals surface area contributed by atoms with Crippen LogP contribution in [0.15, 0.2) is 0 Å². The number of rotatable bonds is 6. The number of ether oxygens (including phenoxy) is 1. The van der Waals surface area contributed by atoms with Crippen LogP contribution in [0.25, 0.3) is 0 Å². The highest BCUT2D eigenvalue weighted by Gasteiger charge is 2.33. The number of carbonyl (C=O) groups is 1. The number of hydrogen-bond donors (Lipinski definition) is 2. The van der Waals surface area contributed by atoms with E-state index in [1.165, 1.54) is 0 Å². The van der Waals surface area contributed by atoms with Crippen molar-refractivity contribution in [2.45, 2.75) is 70.9 Å². The molecule has 2 unspecified atom stereocenters. The average Bonchev–Trinajstić information content (AvgIpc) is 2.80. The molecule has 124 valence electrons. The van der Waals surface area contributed by atoms with Gasteiger partial charge in [0.2, 0.25) is 0 Å². The highest BCUT2D eigenvalue weighted by molar-refractivity contribution is 5.67. The van der Waals surface area contributed by atoms with Crippen LogP contribution < -0.4 is 10.6 Å². The van der Waals surface area contributed by atoms with Crippen molar-refractivity contribution < 1.29 is 18.3 Å². The molecule has 1 fully saturated rings. The molecular formula is C15H28F2N2O2. The molecule has 1 saturated carbocycles. The van der Waals surface area contributed by atoms with E-state index in [-0.39, 0.29) is 6.04 Å². The van der Waals surface area contributed by atoms with E-state index < -0.39 is 30.7 Å². The highest BCUT2D eigenvalue weighted by Crippen LogP contribution is 2.28. The molecule has 2 atom stereocenters. The summed E-state index contributed by atoms with van der Waals surface area (Å²) in [4.78, 5) is 11.4. The number of hydrogen-bond acceptors (Lipinski definition) is 3. The Labute approximate surface area is 126 Å². The predicted molar refractivity (Wildman–Crippen MR) is 78.6 cm³/mol. The normalized spacial score (nSPS) is 23.1. The molecule has 1 aliphatic carbocycles. The van der Waals surface area contributed by atoms with Crippen molar-refractivity contribution in [2.24, 2.45) is 5.92 Å². The fourth-order valence-corrected chi connectivity index (χ4v) is 2.65. The zero-order valence-corrected chi connectivity index (χ0v) is 13.5. The van der Waals surface area contributed by atoms with Crippen molar-refractivity contribution in [1.82, 2.24) is 10.6 Å². The van der Waals surface area contributed by atoms with Crippen LogP contribution in [0.4, 0.5) is 13.6 Å². The molecule has 4 nitrogen and oxygen atoms in total. The first-order chi connectivity index (χ1) is 9.63. The van der Waals surface area contributed by atoms with Crippen molar-refractivity contribution in [2.75, 3.05) is 13.1 Å². The summed E-state index contributed by atoms with van der Waals surface area (Å²) in [5.41, 5.74) is -0.685. The third-order valence-electron chi connectivity index (χ3n) is 3.70. The van der Waals surface area contributed by atoms with Crippen molar-refractivity contribution in [3.05, 3.63) is 0 Å². The molecule has 0 heterocycles. The lowest BCUT2D eigenvalue weighted by molar-refractivity contribution is -0.00647. The van der Waals surface area contributed by atoms with Crippen LogP contribution in [0.2, 0.25) is 0 Å². The van der Waals surface area contributed by atoms with Crippen LogP contribution in [0.1, 0.15) is 53.4 Å². The highest BCUT2D eigenvalue weighted by atomic mass is 19.3. The maximum atomic E-state index is 13.8. The predicted octanol–water partition coefficient (Wildman–Crippen LogP) is 3.31. The second-order valence-electron chi connectivity index (χ2n) is 6.80. The van der Waals surface area contributed by atoms with Gasteiger partial charge in [-0.05, 0) is 39.5 Å². The third kappa shape index (κ3) is 7.07. The zero-order valence-electron chi connectivity index (χ0n) is 13.5. The molecule has 1 rings (SSSR count).